The Kier molecular flexibility index (Phi) is 6.59. The van der Waals surface area contributed by atoms with Gasteiger partial charge >= 0.3 is 6.03 Å². The molecule has 2 fully saturated rings. The quantitative estimate of drug-likeness (QED) is 0.406. The number of carbonyl (C=O) groups is 2. The zero-order valence-electron chi connectivity index (χ0n) is 17.7. The number of amides is 3. The Hall–Kier alpha value is -2.75. The number of rotatable bonds is 11. The number of halogens is 1. The number of nitrogens with zero attached hydrogens (tertiary/aromatic N) is 2. The van der Waals surface area contributed by atoms with Crippen molar-refractivity contribution in [3.05, 3.63) is 35.9 Å². The topological polar surface area (TPSA) is 106 Å². The van der Waals surface area contributed by atoms with Gasteiger partial charge in [-0.1, -0.05) is 6.42 Å². The fourth-order valence-electron chi connectivity index (χ4n) is 3.75. The molecule has 32 heavy (non-hydrogen) atoms. The van der Waals surface area contributed by atoms with Crippen LogP contribution in [-0.4, -0.2) is 55.7 Å². The van der Waals surface area contributed by atoms with Crippen molar-refractivity contribution in [3.8, 4) is 5.75 Å². The standard InChI is InChI=1S/C22H26FN3O5S/c23-18-7-6-16-17(21(18)31-13-15-4-5-15)8-9-24-19(16)14-32(29,30)11-3-1-2-10-26-12-20(27)25-22(26)28/h6-9,15H,1-5,10-14H2,(H,25,27,28). The highest BCUT2D eigenvalue weighted by Gasteiger charge is 2.26. The molecule has 1 N–H and O–H groups in total. The van der Waals surface area contributed by atoms with E-state index in [1.165, 1.54) is 17.2 Å². The summed E-state index contributed by atoms with van der Waals surface area (Å²) in [5, 5.41) is 3.32. The number of pyridine rings is 1. The molecule has 1 saturated carbocycles. The summed E-state index contributed by atoms with van der Waals surface area (Å²) < 4.78 is 45.4. The van der Waals surface area contributed by atoms with Crippen molar-refractivity contribution in [2.45, 2.75) is 37.9 Å². The number of sulfone groups is 1. The van der Waals surface area contributed by atoms with Crippen molar-refractivity contribution in [1.29, 1.82) is 0 Å². The van der Waals surface area contributed by atoms with Gasteiger partial charge in [-0.3, -0.25) is 15.1 Å². The molecule has 4 rings (SSSR count). The first kappa shape index (κ1) is 22.4. The van der Waals surface area contributed by atoms with E-state index < -0.39 is 21.7 Å². The minimum Gasteiger partial charge on any atom is -0.490 e. The number of hydrogen-bond acceptors (Lipinski definition) is 6. The summed E-state index contributed by atoms with van der Waals surface area (Å²) >= 11 is 0. The van der Waals surface area contributed by atoms with Crippen LogP contribution in [0.3, 0.4) is 0 Å². The molecule has 0 spiro atoms. The van der Waals surface area contributed by atoms with Crippen LogP contribution in [0, 0.1) is 11.7 Å². The van der Waals surface area contributed by atoms with Gasteiger partial charge in [0.1, 0.15) is 6.54 Å². The maximum Gasteiger partial charge on any atom is 0.324 e. The molecule has 1 aromatic heterocycles. The number of unbranched alkanes of at least 4 members (excludes halogenated alkanes) is 2. The summed E-state index contributed by atoms with van der Waals surface area (Å²) in [6.07, 6.45) is 5.33. The fourth-order valence-corrected chi connectivity index (χ4v) is 5.19. The molecule has 0 unspecified atom stereocenters. The van der Waals surface area contributed by atoms with E-state index in [2.05, 4.69) is 10.3 Å². The zero-order chi connectivity index (χ0) is 22.7. The van der Waals surface area contributed by atoms with Crippen molar-refractivity contribution in [1.82, 2.24) is 15.2 Å². The Morgan fingerprint density at radius 2 is 1.94 bits per heavy atom. The average molecular weight is 464 g/mol. The summed E-state index contributed by atoms with van der Waals surface area (Å²) in [5.74, 6) is -0.414. The van der Waals surface area contributed by atoms with Crippen molar-refractivity contribution in [2.75, 3.05) is 25.4 Å². The molecule has 2 aliphatic rings. The van der Waals surface area contributed by atoms with Gasteiger partial charge in [0.05, 0.1) is 23.8 Å². The van der Waals surface area contributed by atoms with E-state index >= 15 is 0 Å². The molecular weight excluding hydrogens is 437 g/mol. The van der Waals surface area contributed by atoms with Crippen LogP contribution in [0.1, 0.15) is 37.8 Å². The normalized spacial score (nSPS) is 16.6. The highest BCUT2D eigenvalue weighted by Crippen LogP contribution is 2.34. The van der Waals surface area contributed by atoms with Crippen LogP contribution in [0.4, 0.5) is 9.18 Å². The number of aromatic nitrogens is 1. The van der Waals surface area contributed by atoms with Crippen molar-refractivity contribution < 1.29 is 27.1 Å². The molecule has 1 saturated heterocycles. The predicted octanol–water partition coefficient (Wildman–Crippen LogP) is 2.80. The fraction of sp³-hybridized carbons (Fsp3) is 0.500. The summed E-state index contributed by atoms with van der Waals surface area (Å²) in [6, 6.07) is 4.09. The van der Waals surface area contributed by atoms with E-state index in [1.807, 2.05) is 0 Å². The molecule has 0 radical (unpaired) electrons. The van der Waals surface area contributed by atoms with Crippen LogP contribution in [0.25, 0.3) is 10.8 Å². The zero-order valence-corrected chi connectivity index (χ0v) is 18.5. The first-order valence-electron chi connectivity index (χ1n) is 10.8. The van der Waals surface area contributed by atoms with Crippen LogP contribution in [-0.2, 0) is 20.4 Å². The smallest absolute Gasteiger partial charge is 0.324 e. The number of urea groups is 1. The molecule has 3 amide bonds. The van der Waals surface area contributed by atoms with Crippen LogP contribution in [0.2, 0.25) is 0 Å². The van der Waals surface area contributed by atoms with Crippen LogP contribution < -0.4 is 10.1 Å². The predicted molar refractivity (Wildman–Crippen MR) is 116 cm³/mol. The van der Waals surface area contributed by atoms with Gasteiger partial charge in [-0.25, -0.2) is 17.6 Å². The van der Waals surface area contributed by atoms with Gasteiger partial charge in [-0.2, -0.15) is 0 Å². The summed E-state index contributed by atoms with van der Waals surface area (Å²) in [7, 11) is -3.43. The third-order valence-corrected chi connectivity index (χ3v) is 7.32. The second-order valence-corrected chi connectivity index (χ2v) is 10.6. The molecule has 1 aliphatic heterocycles. The number of carbonyl (C=O) groups excluding carboxylic acids is 2. The Balaban J connectivity index is 1.35. The van der Waals surface area contributed by atoms with Crippen molar-refractivity contribution in [3.63, 3.8) is 0 Å². The maximum absolute atomic E-state index is 14.3. The van der Waals surface area contributed by atoms with Gasteiger partial charge in [0.15, 0.2) is 21.4 Å². The van der Waals surface area contributed by atoms with Gasteiger partial charge in [-0.15, -0.1) is 0 Å². The minimum atomic E-state index is -3.43. The Morgan fingerprint density at radius 3 is 2.66 bits per heavy atom. The second-order valence-electron chi connectivity index (χ2n) is 8.41. The molecule has 2 aromatic rings. The van der Waals surface area contributed by atoms with Gasteiger partial charge in [0.2, 0.25) is 5.91 Å². The first-order chi connectivity index (χ1) is 15.3. The molecule has 2 heterocycles. The van der Waals surface area contributed by atoms with Crippen LogP contribution >= 0.6 is 0 Å². The van der Waals surface area contributed by atoms with Crippen LogP contribution in [0.15, 0.2) is 24.4 Å². The number of ether oxygens (including phenoxy) is 1. The minimum absolute atomic E-state index is 0.0115. The van der Waals surface area contributed by atoms with E-state index in [-0.39, 0.29) is 29.7 Å². The lowest BCUT2D eigenvalue weighted by molar-refractivity contribution is -0.118. The monoisotopic (exact) mass is 463 g/mol. The molecule has 0 atom stereocenters. The third kappa shape index (κ3) is 5.53. The van der Waals surface area contributed by atoms with E-state index in [0.717, 1.165) is 12.8 Å². The number of fused-ring (bicyclic) bond motifs is 1. The Bertz CT molecular complexity index is 1130. The first-order valence-corrected chi connectivity index (χ1v) is 12.6. The van der Waals surface area contributed by atoms with Gasteiger partial charge < -0.3 is 9.64 Å². The molecule has 0 bridgehead atoms. The number of hydrogen-bond donors (Lipinski definition) is 1. The Labute approximate surface area is 186 Å². The lowest BCUT2D eigenvalue weighted by Crippen LogP contribution is -2.29. The molecule has 1 aromatic carbocycles. The molecular formula is C22H26FN3O5S. The number of benzene rings is 1. The van der Waals surface area contributed by atoms with Gasteiger partial charge in [0, 0.05) is 23.5 Å². The maximum atomic E-state index is 14.3. The SMILES string of the molecule is O=C1CN(CCCCCS(=O)(=O)Cc2nccc3c(OCC4CC4)c(F)ccc23)C(=O)N1. The summed E-state index contributed by atoms with van der Waals surface area (Å²) in [5.41, 5.74) is 0.381. The Morgan fingerprint density at radius 1 is 1.12 bits per heavy atom. The van der Waals surface area contributed by atoms with E-state index in [9.17, 15) is 22.4 Å². The number of nitrogens with one attached hydrogen (secondary N) is 1. The van der Waals surface area contributed by atoms with E-state index in [0.29, 0.717) is 54.8 Å². The van der Waals surface area contributed by atoms with Crippen molar-refractivity contribution >= 4 is 32.5 Å². The van der Waals surface area contributed by atoms with Gasteiger partial charge in [0.25, 0.3) is 0 Å². The number of imide groups is 1. The summed E-state index contributed by atoms with van der Waals surface area (Å²) in [6.45, 7) is 0.924. The summed E-state index contributed by atoms with van der Waals surface area (Å²) in [4.78, 5) is 28.3. The van der Waals surface area contributed by atoms with E-state index in [1.54, 1.807) is 12.1 Å². The highest BCUT2D eigenvalue weighted by atomic mass is 32.2. The lowest BCUT2D eigenvalue weighted by atomic mass is 10.1. The highest BCUT2D eigenvalue weighted by molar-refractivity contribution is 7.90. The van der Waals surface area contributed by atoms with Gasteiger partial charge in [-0.05, 0) is 49.8 Å². The second kappa shape index (κ2) is 9.40. The lowest BCUT2D eigenvalue weighted by Gasteiger charge is -2.13. The average Bonchev–Trinajstić information content (AvgIpc) is 3.50. The third-order valence-electron chi connectivity index (χ3n) is 5.70. The molecule has 10 heteroatoms. The van der Waals surface area contributed by atoms with Crippen molar-refractivity contribution in [2.24, 2.45) is 5.92 Å². The molecule has 8 nitrogen and oxygen atoms in total. The molecule has 1 aliphatic carbocycles. The van der Waals surface area contributed by atoms with E-state index in [4.69, 9.17) is 4.74 Å². The van der Waals surface area contributed by atoms with Crippen LogP contribution in [0.5, 0.6) is 5.75 Å². The molecule has 172 valence electrons. The largest absolute Gasteiger partial charge is 0.490 e.